The van der Waals surface area contributed by atoms with Crippen molar-refractivity contribution in [3.8, 4) is 5.75 Å². The number of urea groups is 1. The van der Waals surface area contributed by atoms with Gasteiger partial charge in [0.2, 0.25) is 11.9 Å². The van der Waals surface area contributed by atoms with E-state index >= 15 is 0 Å². The van der Waals surface area contributed by atoms with Crippen molar-refractivity contribution >= 4 is 52.6 Å². The van der Waals surface area contributed by atoms with Crippen LogP contribution in [0.15, 0.2) is 24.9 Å². The topological polar surface area (TPSA) is 100 Å². The normalized spacial score (nSPS) is 19.4. The molecule has 1 N–H and O–H groups in total. The van der Waals surface area contributed by atoms with Gasteiger partial charge in [-0.15, -0.1) is 0 Å². The first-order valence-electron chi connectivity index (χ1n) is 10.8. The highest BCUT2D eigenvalue weighted by atomic mass is 35.5. The van der Waals surface area contributed by atoms with Crippen molar-refractivity contribution in [3.63, 3.8) is 0 Å². The van der Waals surface area contributed by atoms with E-state index < -0.39 is 0 Å². The Morgan fingerprint density at radius 3 is 2.80 bits per heavy atom. The van der Waals surface area contributed by atoms with E-state index in [9.17, 15) is 9.59 Å². The number of amides is 3. The largest absolute Gasteiger partial charge is 0.495 e. The minimum Gasteiger partial charge on any atom is -0.495 e. The van der Waals surface area contributed by atoms with Crippen LogP contribution in [0.2, 0.25) is 10.0 Å². The SMILES string of the molecule is C=CC(=O)N(C)C1COCC1Nc1ncc2c(n1)N(C)C(=O)N(c1c(Cl)c(C)cc(OC)c1Cl)C2. The molecule has 0 aliphatic carbocycles. The van der Waals surface area contributed by atoms with Crippen LogP contribution in [0, 0.1) is 6.92 Å². The Bertz CT molecular complexity index is 1190. The van der Waals surface area contributed by atoms with Gasteiger partial charge in [0.15, 0.2) is 0 Å². The second-order valence-electron chi connectivity index (χ2n) is 8.35. The zero-order valence-corrected chi connectivity index (χ0v) is 21.4. The van der Waals surface area contributed by atoms with E-state index in [1.165, 1.54) is 23.0 Å². The summed E-state index contributed by atoms with van der Waals surface area (Å²) in [6.07, 6.45) is 2.91. The number of aromatic nitrogens is 2. The molecule has 12 heteroatoms. The number of anilines is 3. The smallest absolute Gasteiger partial charge is 0.330 e. The van der Waals surface area contributed by atoms with E-state index in [2.05, 4.69) is 21.9 Å². The molecular formula is C23H26Cl2N6O4. The number of likely N-dealkylation sites (N-methyl/N-ethyl adjacent to an activating group) is 1. The molecule has 1 fully saturated rings. The van der Waals surface area contributed by atoms with Gasteiger partial charge in [-0.2, -0.15) is 4.98 Å². The van der Waals surface area contributed by atoms with Crippen molar-refractivity contribution in [3.05, 3.63) is 46.1 Å². The Kier molecular flexibility index (Phi) is 7.07. The first kappa shape index (κ1) is 25.0. The fourth-order valence-corrected chi connectivity index (χ4v) is 4.83. The minimum absolute atomic E-state index is 0.177. The van der Waals surface area contributed by atoms with Gasteiger partial charge >= 0.3 is 6.03 Å². The number of hydrogen-bond acceptors (Lipinski definition) is 7. The molecule has 2 aromatic rings. The molecule has 186 valence electrons. The third kappa shape index (κ3) is 4.49. The van der Waals surface area contributed by atoms with Crippen LogP contribution in [0.1, 0.15) is 11.1 Å². The number of ether oxygens (including phenoxy) is 2. The molecule has 1 saturated heterocycles. The molecule has 0 radical (unpaired) electrons. The molecule has 4 rings (SSSR count). The van der Waals surface area contributed by atoms with Gasteiger partial charge in [-0.05, 0) is 24.6 Å². The predicted octanol–water partition coefficient (Wildman–Crippen LogP) is 3.50. The second kappa shape index (κ2) is 9.88. The number of aryl methyl sites for hydroxylation is 1. The van der Waals surface area contributed by atoms with Gasteiger partial charge in [-0.25, -0.2) is 9.78 Å². The Hall–Kier alpha value is -3.08. The highest BCUT2D eigenvalue weighted by Crippen LogP contribution is 2.44. The predicted molar refractivity (Wildman–Crippen MR) is 135 cm³/mol. The number of hydrogen-bond donors (Lipinski definition) is 1. The summed E-state index contributed by atoms with van der Waals surface area (Å²) in [5, 5.41) is 3.85. The van der Waals surface area contributed by atoms with Crippen LogP contribution < -0.4 is 19.9 Å². The van der Waals surface area contributed by atoms with Gasteiger partial charge in [0.25, 0.3) is 0 Å². The van der Waals surface area contributed by atoms with Crippen LogP contribution in [-0.2, 0) is 16.1 Å². The van der Waals surface area contributed by atoms with E-state index in [-0.39, 0.29) is 35.6 Å². The maximum Gasteiger partial charge on any atom is 0.330 e. The zero-order chi connectivity index (χ0) is 25.4. The number of nitrogens with zero attached hydrogens (tertiary/aromatic N) is 5. The van der Waals surface area contributed by atoms with Gasteiger partial charge in [0.1, 0.15) is 16.6 Å². The minimum atomic E-state index is -0.350. The maximum atomic E-state index is 13.3. The third-order valence-electron chi connectivity index (χ3n) is 6.21. The molecular weight excluding hydrogens is 495 g/mol. The maximum absolute atomic E-state index is 13.3. The number of halogens is 2. The summed E-state index contributed by atoms with van der Waals surface area (Å²) in [5.41, 5.74) is 1.81. The Morgan fingerprint density at radius 2 is 2.11 bits per heavy atom. The van der Waals surface area contributed by atoms with Crippen molar-refractivity contribution in [1.29, 1.82) is 0 Å². The third-order valence-corrected chi connectivity index (χ3v) is 7.05. The van der Waals surface area contributed by atoms with Crippen molar-refractivity contribution in [2.24, 2.45) is 0 Å². The molecule has 0 bridgehead atoms. The zero-order valence-electron chi connectivity index (χ0n) is 19.8. The molecule has 3 amide bonds. The molecule has 2 aliphatic rings. The molecule has 3 heterocycles. The molecule has 2 aliphatic heterocycles. The van der Waals surface area contributed by atoms with Crippen LogP contribution >= 0.6 is 23.2 Å². The molecule has 1 aromatic carbocycles. The summed E-state index contributed by atoms with van der Waals surface area (Å²) in [6, 6.07) is 0.939. The van der Waals surface area contributed by atoms with Crippen molar-refractivity contribution < 1.29 is 19.1 Å². The summed E-state index contributed by atoms with van der Waals surface area (Å²) >= 11 is 13.1. The fourth-order valence-electron chi connectivity index (χ4n) is 4.20. The lowest BCUT2D eigenvalue weighted by Gasteiger charge is -2.35. The number of carbonyl (C=O) groups is 2. The highest BCUT2D eigenvalue weighted by Gasteiger charge is 2.36. The summed E-state index contributed by atoms with van der Waals surface area (Å²) in [5.74, 6) is 1.01. The molecule has 0 spiro atoms. The quantitative estimate of drug-likeness (QED) is 0.581. The van der Waals surface area contributed by atoms with Gasteiger partial charge in [0.05, 0.1) is 49.7 Å². The number of nitrogens with one attached hydrogen (secondary N) is 1. The first-order valence-corrected chi connectivity index (χ1v) is 11.6. The lowest BCUT2D eigenvalue weighted by atomic mass is 10.1. The average Bonchev–Trinajstić information content (AvgIpc) is 3.31. The number of fused-ring (bicyclic) bond motifs is 1. The average molecular weight is 521 g/mol. The number of rotatable bonds is 6. The van der Waals surface area contributed by atoms with Crippen LogP contribution in [0.3, 0.4) is 0 Å². The monoisotopic (exact) mass is 520 g/mol. The fraction of sp³-hybridized carbons (Fsp3) is 0.391. The van der Waals surface area contributed by atoms with Gasteiger partial charge < -0.3 is 19.7 Å². The van der Waals surface area contributed by atoms with Crippen LogP contribution in [-0.4, -0.2) is 73.3 Å². The van der Waals surface area contributed by atoms with Gasteiger partial charge in [-0.3, -0.25) is 14.6 Å². The van der Waals surface area contributed by atoms with Crippen molar-refractivity contribution in [2.45, 2.75) is 25.6 Å². The van der Waals surface area contributed by atoms with Crippen LogP contribution in [0.25, 0.3) is 0 Å². The van der Waals surface area contributed by atoms with E-state index in [0.717, 1.165) is 5.56 Å². The Morgan fingerprint density at radius 1 is 1.37 bits per heavy atom. The first-order chi connectivity index (χ1) is 16.7. The standard InChI is InChI=1S/C23H26Cl2N6O4/c1-6-17(32)29(3)15-11-35-10-14(15)27-22-26-8-13-9-31(23(33)30(4)21(13)28-22)20-18(24)12(2)7-16(34-5)19(20)25/h6-8,14-15H,1,9-11H2,2-5H3,(H,26,27,28). The van der Waals surface area contributed by atoms with Gasteiger partial charge in [0, 0.05) is 25.9 Å². The van der Waals surface area contributed by atoms with Crippen LogP contribution in [0.4, 0.5) is 22.2 Å². The molecule has 0 saturated carbocycles. The molecule has 35 heavy (non-hydrogen) atoms. The second-order valence-corrected chi connectivity index (χ2v) is 9.11. The summed E-state index contributed by atoms with van der Waals surface area (Å²) in [6.45, 7) is 6.30. The molecule has 2 unspecified atom stereocenters. The van der Waals surface area contributed by atoms with Crippen LogP contribution in [0.5, 0.6) is 5.75 Å². The number of benzene rings is 1. The Balaban J connectivity index is 1.62. The molecule has 10 nitrogen and oxygen atoms in total. The summed E-state index contributed by atoms with van der Waals surface area (Å²) in [7, 11) is 4.82. The molecule has 2 atom stereocenters. The van der Waals surface area contributed by atoms with E-state index in [1.807, 2.05) is 6.92 Å². The number of carbonyl (C=O) groups excluding carboxylic acids is 2. The van der Waals surface area contributed by atoms with Gasteiger partial charge in [-0.1, -0.05) is 29.8 Å². The van der Waals surface area contributed by atoms with Crippen molar-refractivity contribution in [1.82, 2.24) is 14.9 Å². The lowest BCUT2D eigenvalue weighted by Crippen LogP contribution is -2.47. The highest BCUT2D eigenvalue weighted by molar-refractivity contribution is 6.41. The molecule has 1 aromatic heterocycles. The Labute approximate surface area is 213 Å². The van der Waals surface area contributed by atoms with E-state index in [1.54, 1.807) is 31.3 Å². The number of methoxy groups -OCH3 is 1. The summed E-state index contributed by atoms with van der Waals surface area (Å²) < 4.78 is 10.9. The summed E-state index contributed by atoms with van der Waals surface area (Å²) in [4.78, 5) is 38.9. The van der Waals surface area contributed by atoms with E-state index in [4.69, 9.17) is 32.7 Å². The van der Waals surface area contributed by atoms with E-state index in [0.29, 0.717) is 47.0 Å². The van der Waals surface area contributed by atoms with Crippen molar-refractivity contribution in [2.75, 3.05) is 49.5 Å². The lowest BCUT2D eigenvalue weighted by molar-refractivity contribution is -0.126.